The van der Waals surface area contributed by atoms with Gasteiger partial charge >= 0.3 is 0 Å². The fourth-order valence-electron chi connectivity index (χ4n) is 2.96. The number of aromatic nitrogens is 1. The standard InChI is InChI=1S/C19H23ClN4O/c1-15-5-4-8-21-18(15)13-23-9-11-24(12-10-23)14-19(25)22-17-7-3-2-6-16(17)20/h2-8H,9-14H2,1H3,(H,22,25). The zero-order chi connectivity index (χ0) is 17.6. The molecule has 132 valence electrons. The Morgan fingerprint density at radius 1 is 1.12 bits per heavy atom. The van der Waals surface area contributed by atoms with E-state index in [0.29, 0.717) is 17.3 Å². The van der Waals surface area contributed by atoms with E-state index in [1.165, 1.54) is 5.56 Å². The maximum atomic E-state index is 12.2. The van der Waals surface area contributed by atoms with E-state index in [-0.39, 0.29) is 5.91 Å². The lowest BCUT2D eigenvalue weighted by Gasteiger charge is -2.34. The third-order valence-electron chi connectivity index (χ3n) is 4.47. The van der Waals surface area contributed by atoms with Crippen molar-refractivity contribution in [1.29, 1.82) is 0 Å². The number of benzene rings is 1. The van der Waals surface area contributed by atoms with Gasteiger partial charge in [-0.1, -0.05) is 29.8 Å². The second-order valence-corrected chi connectivity index (χ2v) is 6.75. The lowest BCUT2D eigenvalue weighted by atomic mass is 10.2. The van der Waals surface area contributed by atoms with Crippen LogP contribution in [0, 0.1) is 6.92 Å². The predicted octanol–water partition coefficient (Wildman–Crippen LogP) is 2.80. The molecular formula is C19H23ClN4O. The smallest absolute Gasteiger partial charge is 0.238 e. The van der Waals surface area contributed by atoms with Gasteiger partial charge in [-0.05, 0) is 30.7 Å². The Bertz CT molecular complexity index is 729. The van der Waals surface area contributed by atoms with Crippen LogP contribution in [-0.2, 0) is 11.3 Å². The van der Waals surface area contributed by atoms with Crippen LogP contribution in [0.3, 0.4) is 0 Å². The highest BCUT2D eigenvalue weighted by atomic mass is 35.5. The number of amides is 1. The average Bonchev–Trinajstić information content (AvgIpc) is 2.61. The lowest BCUT2D eigenvalue weighted by molar-refractivity contribution is -0.117. The van der Waals surface area contributed by atoms with Crippen LogP contribution < -0.4 is 5.32 Å². The number of pyridine rings is 1. The highest BCUT2D eigenvalue weighted by Crippen LogP contribution is 2.20. The molecule has 1 aromatic carbocycles. The van der Waals surface area contributed by atoms with Crippen molar-refractivity contribution < 1.29 is 4.79 Å². The second-order valence-electron chi connectivity index (χ2n) is 6.35. The molecule has 0 bridgehead atoms. The van der Waals surface area contributed by atoms with E-state index in [2.05, 4.69) is 33.1 Å². The Morgan fingerprint density at radius 3 is 2.56 bits per heavy atom. The van der Waals surface area contributed by atoms with Gasteiger partial charge < -0.3 is 5.32 Å². The van der Waals surface area contributed by atoms with Crippen LogP contribution in [0.1, 0.15) is 11.3 Å². The van der Waals surface area contributed by atoms with Gasteiger partial charge in [0.15, 0.2) is 0 Å². The number of rotatable bonds is 5. The second kappa shape index (κ2) is 8.43. The van der Waals surface area contributed by atoms with Crippen LogP contribution in [0.4, 0.5) is 5.69 Å². The number of carbonyl (C=O) groups is 1. The molecule has 0 radical (unpaired) electrons. The summed E-state index contributed by atoms with van der Waals surface area (Å²) in [6, 6.07) is 11.4. The Kier molecular flexibility index (Phi) is 6.02. The fourth-order valence-corrected chi connectivity index (χ4v) is 3.14. The minimum Gasteiger partial charge on any atom is -0.324 e. The summed E-state index contributed by atoms with van der Waals surface area (Å²) in [5, 5.41) is 3.44. The molecule has 1 amide bonds. The molecule has 3 rings (SSSR count). The van der Waals surface area contributed by atoms with Gasteiger partial charge in [-0.3, -0.25) is 19.6 Å². The van der Waals surface area contributed by atoms with Crippen LogP contribution in [-0.4, -0.2) is 53.4 Å². The van der Waals surface area contributed by atoms with E-state index in [1.807, 2.05) is 30.5 Å². The summed E-state index contributed by atoms with van der Waals surface area (Å²) in [6.07, 6.45) is 1.84. The molecule has 1 aliphatic rings. The summed E-state index contributed by atoms with van der Waals surface area (Å²) in [6.45, 7) is 6.99. The summed E-state index contributed by atoms with van der Waals surface area (Å²) in [5.74, 6) is -0.0258. The zero-order valence-corrected chi connectivity index (χ0v) is 15.2. The van der Waals surface area contributed by atoms with Crippen molar-refractivity contribution in [2.45, 2.75) is 13.5 Å². The number of piperazine rings is 1. The fraction of sp³-hybridized carbons (Fsp3) is 0.368. The van der Waals surface area contributed by atoms with Crippen molar-refractivity contribution in [2.75, 3.05) is 38.0 Å². The molecule has 0 atom stereocenters. The monoisotopic (exact) mass is 358 g/mol. The third-order valence-corrected chi connectivity index (χ3v) is 4.80. The molecule has 2 aromatic rings. The Hall–Kier alpha value is -1.95. The van der Waals surface area contributed by atoms with Gasteiger partial charge in [0, 0.05) is 38.9 Å². The maximum absolute atomic E-state index is 12.2. The van der Waals surface area contributed by atoms with E-state index in [4.69, 9.17) is 11.6 Å². The molecule has 1 N–H and O–H groups in total. The molecule has 0 saturated carbocycles. The molecule has 0 aliphatic carbocycles. The number of aryl methyl sites for hydroxylation is 1. The Balaban J connectivity index is 1.45. The number of nitrogens with zero attached hydrogens (tertiary/aromatic N) is 3. The van der Waals surface area contributed by atoms with Gasteiger partial charge in [-0.25, -0.2) is 0 Å². The Labute approximate surface area is 153 Å². The van der Waals surface area contributed by atoms with Crippen molar-refractivity contribution in [1.82, 2.24) is 14.8 Å². The third kappa shape index (κ3) is 5.01. The summed E-state index contributed by atoms with van der Waals surface area (Å²) >= 11 is 6.08. The first-order valence-corrected chi connectivity index (χ1v) is 8.89. The maximum Gasteiger partial charge on any atom is 0.238 e. The molecular weight excluding hydrogens is 336 g/mol. The number of anilines is 1. The van der Waals surface area contributed by atoms with Gasteiger partial charge in [0.1, 0.15) is 0 Å². The van der Waals surface area contributed by atoms with Crippen LogP contribution in [0.5, 0.6) is 0 Å². The topological polar surface area (TPSA) is 48.5 Å². The van der Waals surface area contributed by atoms with E-state index in [0.717, 1.165) is 38.4 Å². The molecule has 1 fully saturated rings. The van der Waals surface area contributed by atoms with Gasteiger partial charge in [-0.15, -0.1) is 0 Å². The Morgan fingerprint density at radius 2 is 1.84 bits per heavy atom. The van der Waals surface area contributed by atoms with Crippen molar-refractivity contribution in [3.05, 3.63) is 58.9 Å². The zero-order valence-electron chi connectivity index (χ0n) is 14.4. The van der Waals surface area contributed by atoms with Crippen molar-refractivity contribution in [3.63, 3.8) is 0 Å². The van der Waals surface area contributed by atoms with Crippen molar-refractivity contribution in [2.24, 2.45) is 0 Å². The number of para-hydroxylation sites is 1. The van der Waals surface area contributed by atoms with Crippen LogP contribution >= 0.6 is 11.6 Å². The van der Waals surface area contributed by atoms with E-state index >= 15 is 0 Å². The molecule has 1 aliphatic heterocycles. The minimum atomic E-state index is -0.0258. The van der Waals surface area contributed by atoms with Crippen molar-refractivity contribution in [3.8, 4) is 0 Å². The van der Waals surface area contributed by atoms with Crippen LogP contribution in [0.25, 0.3) is 0 Å². The van der Waals surface area contributed by atoms with Crippen LogP contribution in [0.15, 0.2) is 42.6 Å². The number of hydrogen-bond donors (Lipinski definition) is 1. The van der Waals surface area contributed by atoms with Gasteiger partial charge in [0.2, 0.25) is 5.91 Å². The van der Waals surface area contributed by atoms with E-state index < -0.39 is 0 Å². The van der Waals surface area contributed by atoms with Gasteiger partial charge in [-0.2, -0.15) is 0 Å². The molecule has 25 heavy (non-hydrogen) atoms. The lowest BCUT2D eigenvalue weighted by Crippen LogP contribution is -2.48. The molecule has 6 heteroatoms. The highest BCUT2D eigenvalue weighted by Gasteiger charge is 2.20. The summed E-state index contributed by atoms with van der Waals surface area (Å²) in [5.41, 5.74) is 3.02. The normalized spacial score (nSPS) is 15.9. The van der Waals surface area contributed by atoms with Crippen LogP contribution in [0.2, 0.25) is 5.02 Å². The quantitative estimate of drug-likeness (QED) is 0.892. The number of hydrogen-bond acceptors (Lipinski definition) is 4. The number of halogens is 1. The highest BCUT2D eigenvalue weighted by molar-refractivity contribution is 6.33. The summed E-state index contributed by atoms with van der Waals surface area (Å²) in [7, 11) is 0. The summed E-state index contributed by atoms with van der Waals surface area (Å²) < 4.78 is 0. The first-order chi connectivity index (χ1) is 12.1. The molecule has 1 aromatic heterocycles. The molecule has 1 saturated heterocycles. The average molecular weight is 359 g/mol. The minimum absolute atomic E-state index is 0.0258. The number of carbonyl (C=O) groups excluding carboxylic acids is 1. The van der Waals surface area contributed by atoms with Gasteiger partial charge in [0.05, 0.1) is 22.9 Å². The van der Waals surface area contributed by atoms with Crippen molar-refractivity contribution >= 4 is 23.2 Å². The first-order valence-electron chi connectivity index (χ1n) is 8.51. The largest absolute Gasteiger partial charge is 0.324 e. The molecule has 2 heterocycles. The SMILES string of the molecule is Cc1cccnc1CN1CCN(CC(=O)Nc2ccccc2Cl)CC1. The molecule has 0 unspecified atom stereocenters. The molecule has 0 spiro atoms. The van der Waals surface area contributed by atoms with E-state index in [1.54, 1.807) is 6.07 Å². The van der Waals surface area contributed by atoms with E-state index in [9.17, 15) is 4.79 Å². The number of nitrogens with one attached hydrogen (secondary N) is 1. The molecule has 5 nitrogen and oxygen atoms in total. The van der Waals surface area contributed by atoms with Gasteiger partial charge in [0.25, 0.3) is 0 Å². The first kappa shape index (κ1) is 17.9. The predicted molar refractivity (Wildman–Crippen MR) is 101 cm³/mol. The summed E-state index contributed by atoms with van der Waals surface area (Å²) in [4.78, 5) is 21.2.